The van der Waals surface area contributed by atoms with E-state index in [4.69, 9.17) is 9.47 Å². The van der Waals surface area contributed by atoms with Crippen LogP contribution in [0.4, 0.5) is 4.79 Å². The Kier molecular flexibility index (Phi) is 10.0. The lowest BCUT2D eigenvalue weighted by atomic mass is 10.2. The monoisotopic (exact) mass is 462 g/mol. The number of hydrogen-bond donors (Lipinski definition) is 1. The molecule has 8 nitrogen and oxygen atoms in total. The standard InChI is InChI=1S/C23H30N2O6S/c1-25(15-8-16-30-20-11-6-12-21(17-20)32(2,28)29)22(26)13-7-14-24-23(27)31-18-19-9-4-3-5-10-19/h3-6,9-12,17H,7-8,13-16,18H2,1-2H3,(H,24,27). The van der Waals surface area contributed by atoms with Crippen LogP contribution in [0.25, 0.3) is 0 Å². The number of nitrogens with one attached hydrogen (secondary N) is 1. The van der Waals surface area contributed by atoms with Crippen LogP contribution in [0.2, 0.25) is 0 Å². The van der Waals surface area contributed by atoms with Gasteiger partial charge in [-0.05, 0) is 36.6 Å². The van der Waals surface area contributed by atoms with Gasteiger partial charge in [0.05, 0.1) is 11.5 Å². The van der Waals surface area contributed by atoms with Crippen LogP contribution in [-0.2, 0) is 26.0 Å². The first-order chi connectivity index (χ1) is 15.3. The lowest BCUT2D eigenvalue weighted by Gasteiger charge is -2.17. The molecule has 0 heterocycles. The lowest BCUT2D eigenvalue weighted by Crippen LogP contribution is -2.30. The molecule has 0 radical (unpaired) electrons. The van der Waals surface area contributed by atoms with Crippen molar-refractivity contribution in [1.82, 2.24) is 10.2 Å². The zero-order valence-corrected chi connectivity index (χ0v) is 19.3. The highest BCUT2D eigenvalue weighted by molar-refractivity contribution is 7.90. The first kappa shape index (κ1) is 25.2. The molecule has 2 aromatic rings. The first-order valence-corrected chi connectivity index (χ1v) is 12.3. The number of benzene rings is 2. The SMILES string of the molecule is CN(CCCOc1cccc(S(C)(=O)=O)c1)C(=O)CCCNC(=O)OCc1ccccc1. The number of hydrogen-bond acceptors (Lipinski definition) is 6. The van der Waals surface area contributed by atoms with E-state index in [9.17, 15) is 18.0 Å². The highest BCUT2D eigenvalue weighted by atomic mass is 32.2. The molecule has 0 unspecified atom stereocenters. The van der Waals surface area contributed by atoms with Gasteiger partial charge in [0.2, 0.25) is 5.91 Å². The van der Waals surface area contributed by atoms with Gasteiger partial charge in [0, 0.05) is 32.8 Å². The van der Waals surface area contributed by atoms with Crippen LogP contribution in [0, 0.1) is 0 Å². The summed E-state index contributed by atoms with van der Waals surface area (Å²) in [6, 6.07) is 15.7. The molecule has 0 aliphatic carbocycles. The Labute approximate surface area is 189 Å². The van der Waals surface area contributed by atoms with Gasteiger partial charge in [0.15, 0.2) is 9.84 Å². The molecule has 0 bridgehead atoms. The Morgan fingerprint density at radius 3 is 2.50 bits per heavy atom. The third-order valence-electron chi connectivity index (χ3n) is 4.62. The van der Waals surface area contributed by atoms with Crippen molar-refractivity contribution >= 4 is 21.8 Å². The number of nitrogens with zero attached hydrogens (tertiary/aromatic N) is 1. The molecule has 0 atom stereocenters. The van der Waals surface area contributed by atoms with Crippen LogP contribution in [-0.4, -0.2) is 58.3 Å². The number of ether oxygens (including phenoxy) is 2. The van der Waals surface area contributed by atoms with Crippen LogP contribution in [0.1, 0.15) is 24.8 Å². The molecule has 0 spiro atoms. The summed E-state index contributed by atoms with van der Waals surface area (Å²) in [4.78, 5) is 25.7. The van der Waals surface area contributed by atoms with Gasteiger partial charge < -0.3 is 19.7 Å². The molecule has 2 aromatic carbocycles. The van der Waals surface area contributed by atoms with Gasteiger partial charge in [-0.1, -0.05) is 36.4 Å². The highest BCUT2D eigenvalue weighted by Crippen LogP contribution is 2.17. The zero-order valence-electron chi connectivity index (χ0n) is 18.5. The smallest absolute Gasteiger partial charge is 0.407 e. The largest absolute Gasteiger partial charge is 0.493 e. The van der Waals surface area contributed by atoms with Crippen LogP contribution in [0.15, 0.2) is 59.5 Å². The fourth-order valence-electron chi connectivity index (χ4n) is 2.81. The fourth-order valence-corrected chi connectivity index (χ4v) is 3.46. The molecule has 0 aromatic heterocycles. The summed E-state index contributed by atoms with van der Waals surface area (Å²) < 4.78 is 33.9. The second-order valence-electron chi connectivity index (χ2n) is 7.36. The van der Waals surface area contributed by atoms with E-state index in [0.717, 1.165) is 11.8 Å². The Morgan fingerprint density at radius 1 is 1.03 bits per heavy atom. The van der Waals surface area contributed by atoms with Crippen molar-refractivity contribution in [3.05, 3.63) is 60.2 Å². The van der Waals surface area contributed by atoms with Crippen molar-refractivity contribution in [3.8, 4) is 5.75 Å². The number of sulfone groups is 1. The molecule has 2 amide bonds. The average molecular weight is 463 g/mol. The average Bonchev–Trinajstić information content (AvgIpc) is 2.78. The summed E-state index contributed by atoms with van der Waals surface area (Å²) in [6.07, 6.45) is 2.07. The lowest BCUT2D eigenvalue weighted by molar-refractivity contribution is -0.130. The Balaban J connectivity index is 1.56. The quantitative estimate of drug-likeness (QED) is 0.487. The van der Waals surface area contributed by atoms with E-state index in [-0.39, 0.29) is 17.4 Å². The van der Waals surface area contributed by atoms with Crippen molar-refractivity contribution < 1.29 is 27.5 Å². The maximum absolute atomic E-state index is 12.2. The number of alkyl carbamates (subject to hydrolysis) is 1. The van der Waals surface area contributed by atoms with E-state index in [1.165, 1.54) is 12.1 Å². The van der Waals surface area contributed by atoms with Crippen molar-refractivity contribution in [2.24, 2.45) is 0 Å². The molecular formula is C23H30N2O6S. The van der Waals surface area contributed by atoms with Gasteiger partial charge in [-0.2, -0.15) is 0 Å². The van der Waals surface area contributed by atoms with Gasteiger partial charge in [-0.15, -0.1) is 0 Å². The minimum absolute atomic E-state index is 0.0245. The van der Waals surface area contributed by atoms with Crippen molar-refractivity contribution in [2.75, 3.05) is 33.0 Å². The molecule has 0 saturated heterocycles. The molecule has 1 N–H and O–H groups in total. The van der Waals surface area contributed by atoms with Crippen molar-refractivity contribution in [2.45, 2.75) is 30.8 Å². The predicted molar refractivity (Wildman–Crippen MR) is 121 cm³/mol. The molecule has 2 rings (SSSR count). The Morgan fingerprint density at radius 2 is 1.78 bits per heavy atom. The Hall–Kier alpha value is -3.07. The van der Waals surface area contributed by atoms with E-state index in [1.807, 2.05) is 30.3 Å². The molecule has 32 heavy (non-hydrogen) atoms. The van der Waals surface area contributed by atoms with Crippen LogP contribution >= 0.6 is 0 Å². The first-order valence-electron chi connectivity index (χ1n) is 10.4. The van der Waals surface area contributed by atoms with Gasteiger partial charge in [-0.25, -0.2) is 13.2 Å². The van der Waals surface area contributed by atoms with E-state index < -0.39 is 15.9 Å². The maximum atomic E-state index is 12.2. The molecule has 0 fully saturated rings. The van der Waals surface area contributed by atoms with Gasteiger partial charge in [-0.3, -0.25) is 4.79 Å². The van der Waals surface area contributed by atoms with E-state index in [2.05, 4.69) is 5.32 Å². The summed E-state index contributed by atoms with van der Waals surface area (Å²) in [7, 11) is -1.56. The highest BCUT2D eigenvalue weighted by Gasteiger charge is 2.10. The number of amides is 2. The molecule has 0 aliphatic heterocycles. The van der Waals surface area contributed by atoms with E-state index in [1.54, 1.807) is 24.1 Å². The second kappa shape index (κ2) is 12.7. The van der Waals surface area contributed by atoms with Crippen LogP contribution in [0.3, 0.4) is 0 Å². The molecule has 0 aliphatic rings. The molecule has 9 heteroatoms. The van der Waals surface area contributed by atoms with Crippen molar-refractivity contribution in [1.29, 1.82) is 0 Å². The molecular weight excluding hydrogens is 432 g/mol. The summed E-state index contributed by atoms with van der Waals surface area (Å²) in [6.45, 7) is 1.43. The van der Waals surface area contributed by atoms with Gasteiger partial charge >= 0.3 is 6.09 Å². The summed E-state index contributed by atoms with van der Waals surface area (Å²) >= 11 is 0. The van der Waals surface area contributed by atoms with Gasteiger partial charge in [0.1, 0.15) is 12.4 Å². The van der Waals surface area contributed by atoms with Crippen LogP contribution in [0.5, 0.6) is 5.75 Å². The number of carbonyl (C=O) groups is 2. The normalized spacial score (nSPS) is 10.9. The summed E-state index contributed by atoms with van der Waals surface area (Å²) in [5.41, 5.74) is 0.909. The van der Waals surface area contributed by atoms with Crippen LogP contribution < -0.4 is 10.1 Å². The number of carbonyl (C=O) groups excluding carboxylic acids is 2. The zero-order chi connectivity index (χ0) is 23.4. The van der Waals surface area contributed by atoms with Crippen molar-refractivity contribution in [3.63, 3.8) is 0 Å². The summed E-state index contributed by atoms with van der Waals surface area (Å²) in [5, 5.41) is 2.64. The predicted octanol–water partition coefficient (Wildman–Crippen LogP) is 3.02. The third-order valence-corrected chi connectivity index (χ3v) is 5.73. The summed E-state index contributed by atoms with van der Waals surface area (Å²) in [5.74, 6) is 0.454. The number of rotatable bonds is 12. The maximum Gasteiger partial charge on any atom is 0.407 e. The van der Waals surface area contributed by atoms with E-state index >= 15 is 0 Å². The molecule has 0 saturated carbocycles. The third kappa shape index (κ3) is 9.38. The minimum atomic E-state index is -3.28. The fraction of sp³-hybridized carbons (Fsp3) is 0.391. The molecule has 174 valence electrons. The van der Waals surface area contributed by atoms with Gasteiger partial charge in [0.25, 0.3) is 0 Å². The second-order valence-corrected chi connectivity index (χ2v) is 9.37. The van der Waals surface area contributed by atoms with E-state index in [0.29, 0.717) is 44.7 Å². The minimum Gasteiger partial charge on any atom is -0.493 e. The Bertz CT molecular complexity index is 979. The topological polar surface area (TPSA) is 102 Å².